The van der Waals surface area contributed by atoms with Crippen LogP contribution in [0, 0.1) is 5.82 Å². The SMILES string of the molecule is COC(=O)C[C@H](N)c1cccc(Cl)c1F. The summed E-state index contributed by atoms with van der Waals surface area (Å²) in [6.07, 6.45) is -0.0756. The van der Waals surface area contributed by atoms with Gasteiger partial charge in [-0.1, -0.05) is 23.7 Å². The van der Waals surface area contributed by atoms with Crippen LogP contribution in [0.1, 0.15) is 18.0 Å². The Morgan fingerprint density at radius 2 is 2.33 bits per heavy atom. The number of carbonyl (C=O) groups is 1. The minimum absolute atomic E-state index is 0.00665. The predicted molar refractivity (Wildman–Crippen MR) is 55.0 cm³/mol. The molecule has 2 N–H and O–H groups in total. The Balaban J connectivity index is 2.86. The van der Waals surface area contributed by atoms with E-state index in [2.05, 4.69) is 4.74 Å². The molecule has 0 aliphatic carbocycles. The summed E-state index contributed by atoms with van der Waals surface area (Å²) in [4.78, 5) is 10.9. The summed E-state index contributed by atoms with van der Waals surface area (Å²) in [6, 6.07) is 3.76. The van der Waals surface area contributed by atoms with Crippen molar-refractivity contribution in [3.05, 3.63) is 34.6 Å². The van der Waals surface area contributed by atoms with Gasteiger partial charge in [0.05, 0.1) is 18.6 Å². The van der Waals surface area contributed by atoms with Crippen molar-refractivity contribution in [3.8, 4) is 0 Å². The van der Waals surface area contributed by atoms with Crippen molar-refractivity contribution in [3.63, 3.8) is 0 Å². The summed E-state index contributed by atoms with van der Waals surface area (Å²) < 4.78 is 17.9. The van der Waals surface area contributed by atoms with Crippen LogP contribution in [0.2, 0.25) is 5.02 Å². The van der Waals surface area contributed by atoms with Gasteiger partial charge in [-0.05, 0) is 6.07 Å². The smallest absolute Gasteiger partial charge is 0.307 e. The summed E-state index contributed by atoms with van der Waals surface area (Å²) in [5.74, 6) is -1.07. The molecule has 0 aliphatic rings. The van der Waals surface area contributed by atoms with Crippen molar-refractivity contribution in [1.82, 2.24) is 0 Å². The third-order valence-corrected chi connectivity index (χ3v) is 2.29. The molecule has 15 heavy (non-hydrogen) atoms. The average Bonchev–Trinajstić information content (AvgIpc) is 2.21. The average molecular weight is 232 g/mol. The number of ether oxygens (including phenoxy) is 1. The molecule has 0 aliphatic heterocycles. The number of hydrogen-bond donors (Lipinski definition) is 1. The number of methoxy groups -OCH3 is 1. The van der Waals surface area contributed by atoms with Crippen LogP contribution in [-0.2, 0) is 9.53 Å². The summed E-state index contributed by atoms with van der Waals surface area (Å²) in [7, 11) is 1.25. The lowest BCUT2D eigenvalue weighted by atomic mass is 10.0. The number of benzene rings is 1. The molecule has 0 bridgehead atoms. The lowest BCUT2D eigenvalue weighted by Crippen LogP contribution is -2.17. The number of rotatable bonds is 3. The van der Waals surface area contributed by atoms with E-state index < -0.39 is 17.8 Å². The summed E-state index contributed by atoms with van der Waals surface area (Å²) >= 11 is 5.58. The quantitative estimate of drug-likeness (QED) is 0.810. The highest BCUT2D eigenvalue weighted by molar-refractivity contribution is 6.30. The molecule has 0 saturated carbocycles. The molecule has 1 atom stereocenters. The van der Waals surface area contributed by atoms with Gasteiger partial charge in [-0.15, -0.1) is 0 Å². The number of esters is 1. The molecular formula is C10H11ClFNO2. The Kier molecular flexibility index (Phi) is 4.05. The predicted octanol–water partition coefficient (Wildman–Crippen LogP) is 2.04. The van der Waals surface area contributed by atoms with E-state index in [9.17, 15) is 9.18 Å². The van der Waals surface area contributed by atoms with Gasteiger partial charge in [0.15, 0.2) is 0 Å². The zero-order valence-corrected chi connectivity index (χ0v) is 8.92. The van der Waals surface area contributed by atoms with Crippen molar-refractivity contribution >= 4 is 17.6 Å². The first-order valence-corrected chi connectivity index (χ1v) is 4.70. The molecule has 1 aromatic rings. The van der Waals surface area contributed by atoms with Crippen molar-refractivity contribution in [2.45, 2.75) is 12.5 Å². The van der Waals surface area contributed by atoms with Gasteiger partial charge in [-0.25, -0.2) is 4.39 Å². The van der Waals surface area contributed by atoms with E-state index in [1.165, 1.54) is 19.2 Å². The topological polar surface area (TPSA) is 52.3 Å². The molecule has 0 saturated heterocycles. The Morgan fingerprint density at radius 3 is 2.93 bits per heavy atom. The molecule has 3 nitrogen and oxygen atoms in total. The standard InChI is InChI=1S/C10H11ClFNO2/c1-15-9(14)5-8(13)6-3-2-4-7(11)10(6)12/h2-4,8H,5,13H2,1H3/t8-/m0/s1. The number of hydrogen-bond acceptors (Lipinski definition) is 3. The molecule has 1 aromatic carbocycles. The molecule has 82 valence electrons. The first-order valence-electron chi connectivity index (χ1n) is 4.32. The van der Waals surface area contributed by atoms with Crippen molar-refractivity contribution < 1.29 is 13.9 Å². The van der Waals surface area contributed by atoms with Gasteiger partial charge in [-0.3, -0.25) is 4.79 Å². The Labute approximate surface area is 92.0 Å². The van der Waals surface area contributed by atoms with E-state index in [0.29, 0.717) is 0 Å². The molecule has 0 aromatic heterocycles. The third-order valence-electron chi connectivity index (χ3n) is 2.00. The zero-order chi connectivity index (χ0) is 11.4. The van der Waals surface area contributed by atoms with E-state index in [1.807, 2.05) is 0 Å². The van der Waals surface area contributed by atoms with Crippen molar-refractivity contribution in [2.24, 2.45) is 5.73 Å². The van der Waals surface area contributed by atoms with Gasteiger partial charge in [0.1, 0.15) is 5.82 Å². The first kappa shape index (κ1) is 11.9. The maximum Gasteiger partial charge on any atom is 0.307 e. The summed E-state index contributed by atoms with van der Waals surface area (Å²) in [5, 5.41) is -0.00665. The van der Waals surface area contributed by atoms with Crippen LogP contribution >= 0.6 is 11.6 Å². The fourth-order valence-corrected chi connectivity index (χ4v) is 1.36. The van der Waals surface area contributed by atoms with Crippen LogP contribution in [0.3, 0.4) is 0 Å². The van der Waals surface area contributed by atoms with Crippen LogP contribution in [-0.4, -0.2) is 13.1 Å². The number of nitrogens with two attached hydrogens (primary N) is 1. The zero-order valence-electron chi connectivity index (χ0n) is 8.17. The minimum atomic E-state index is -0.740. The van der Waals surface area contributed by atoms with Gasteiger partial charge >= 0.3 is 5.97 Å². The van der Waals surface area contributed by atoms with E-state index >= 15 is 0 Å². The molecule has 5 heteroatoms. The second-order valence-electron chi connectivity index (χ2n) is 3.03. The van der Waals surface area contributed by atoms with Crippen LogP contribution < -0.4 is 5.73 Å². The van der Waals surface area contributed by atoms with Crippen LogP contribution in [0.15, 0.2) is 18.2 Å². The first-order chi connectivity index (χ1) is 7.06. The van der Waals surface area contributed by atoms with E-state index in [-0.39, 0.29) is 17.0 Å². The minimum Gasteiger partial charge on any atom is -0.469 e. The Bertz CT molecular complexity index is 370. The monoisotopic (exact) mass is 231 g/mol. The van der Waals surface area contributed by atoms with E-state index in [1.54, 1.807) is 6.07 Å². The van der Waals surface area contributed by atoms with E-state index in [4.69, 9.17) is 17.3 Å². The highest BCUT2D eigenvalue weighted by Gasteiger charge is 2.16. The van der Waals surface area contributed by atoms with Gasteiger partial charge in [0.2, 0.25) is 0 Å². The van der Waals surface area contributed by atoms with Gasteiger partial charge in [-0.2, -0.15) is 0 Å². The molecule has 0 heterocycles. The van der Waals surface area contributed by atoms with Gasteiger partial charge in [0.25, 0.3) is 0 Å². The molecule has 0 amide bonds. The maximum absolute atomic E-state index is 13.4. The highest BCUT2D eigenvalue weighted by Crippen LogP contribution is 2.23. The van der Waals surface area contributed by atoms with Crippen LogP contribution in [0.25, 0.3) is 0 Å². The Hall–Kier alpha value is -1.13. The second kappa shape index (κ2) is 5.09. The highest BCUT2D eigenvalue weighted by atomic mass is 35.5. The van der Waals surface area contributed by atoms with Crippen LogP contribution in [0.5, 0.6) is 0 Å². The Morgan fingerprint density at radius 1 is 1.67 bits per heavy atom. The van der Waals surface area contributed by atoms with Gasteiger partial charge in [0, 0.05) is 11.6 Å². The van der Waals surface area contributed by atoms with Crippen molar-refractivity contribution in [1.29, 1.82) is 0 Å². The van der Waals surface area contributed by atoms with Crippen LogP contribution in [0.4, 0.5) is 4.39 Å². The van der Waals surface area contributed by atoms with Gasteiger partial charge < -0.3 is 10.5 Å². The maximum atomic E-state index is 13.4. The lowest BCUT2D eigenvalue weighted by molar-refractivity contribution is -0.141. The number of carbonyl (C=O) groups excluding carboxylic acids is 1. The fraction of sp³-hybridized carbons (Fsp3) is 0.300. The molecule has 0 unspecified atom stereocenters. The molecule has 0 fully saturated rings. The fourth-order valence-electron chi connectivity index (χ4n) is 1.18. The van der Waals surface area contributed by atoms with E-state index in [0.717, 1.165) is 0 Å². The van der Waals surface area contributed by atoms with Crippen molar-refractivity contribution in [2.75, 3.05) is 7.11 Å². The third kappa shape index (κ3) is 2.91. The molecule has 0 spiro atoms. The molecular weight excluding hydrogens is 221 g/mol. The lowest BCUT2D eigenvalue weighted by Gasteiger charge is -2.11. The largest absolute Gasteiger partial charge is 0.469 e. The second-order valence-corrected chi connectivity index (χ2v) is 3.44. The molecule has 0 radical (unpaired) electrons. The summed E-state index contributed by atoms with van der Waals surface area (Å²) in [6.45, 7) is 0. The molecule has 1 rings (SSSR count). The summed E-state index contributed by atoms with van der Waals surface area (Å²) in [5.41, 5.74) is 5.86. The number of halogens is 2. The normalized spacial score (nSPS) is 12.3.